The van der Waals surface area contributed by atoms with Crippen molar-refractivity contribution in [2.24, 2.45) is 11.7 Å². The highest BCUT2D eigenvalue weighted by atomic mass is 16.5. The SMILES string of the molecule is Cc1cccc(-c2nc(C(N)C(C)C)no2)c1. The number of rotatable bonds is 3. The van der Waals surface area contributed by atoms with Gasteiger partial charge in [-0.2, -0.15) is 4.98 Å². The fourth-order valence-corrected chi connectivity index (χ4v) is 1.56. The standard InChI is InChI=1S/C13H17N3O/c1-8(2)11(14)12-15-13(17-16-12)10-6-4-5-9(3)7-10/h4-8,11H,14H2,1-3H3. The number of hydrogen-bond acceptors (Lipinski definition) is 4. The lowest BCUT2D eigenvalue weighted by Crippen LogP contribution is -2.18. The number of hydrogen-bond donors (Lipinski definition) is 1. The maximum Gasteiger partial charge on any atom is 0.257 e. The maximum atomic E-state index is 5.97. The van der Waals surface area contributed by atoms with Crippen molar-refractivity contribution in [3.8, 4) is 11.5 Å². The minimum atomic E-state index is -0.183. The zero-order chi connectivity index (χ0) is 12.4. The van der Waals surface area contributed by atoms with E-state index in [1.165, 1.54) is 0 Å². The Bertz CT molecular complexity index is 505. The van der Waals surface area contributed by atoms with E-state index in [0.717, 1.165) is 11.1 Å². The van der Waals surface area contributed by atoms with Crippen LogP contribution in [0.2, 0.25) is 0 Å². The Labute approximate surface area is 101 Å². The molecule has 0 aliphatic heterocycles. The second-order valence-corrected chi connectivity index (χ2v) is 4.60. The van der Waals surface area contributed by atoms with Gasteiger partial charge < -0.3 is 10.3 Å². The molecular formula is C13H17N3O. The van der Waals surface area contributed by atoms with Gasteiger partial charge in [-0.05, 0) is 25.0 Å². The van der Waals surface area contributed by atoms with E-state index in [1.54, 1.807) is 0 Å². The third-order valence-corrected chi connectivity index (χ3v) is 2.72. The van der Waals surface area contributed by atoms with E-state index in [4.69, 9.17) is 10.3 Å². The van der Waals surface area contributed by atoms with Crippen molar-refractivity contribution >= 4 is 0 Å². The first-order chi connectivity index (χ1) is 8.08. The molecule has 0 bridgehead atoms. The van der Waals surface area contributed by atoms with Crippen molar-refractivity contribution in [2.45, 2.75) is 26.8 Å². The molecule has 1 heterocycles. The molecule has 2 aromatic rings. The summed E-state index contributed by atoms with van der Waals surface area (Å²) in [4.78, 5) is 4.34. The van der Waals surface area contributed by atoms with Crippen molar-refractivity contribution < 1.29 is 4.52 Å². The Kier molecular flexibility index (Phi) is 3.24. The summed E-state index contributed by atoms with van der Waals surface area (Å²) < 4.78 is 5.24. The van der Waals surface area contributed by atoms with Crippen LogP contribution >= 0.6 is 0 Å². The van der Waals surface area contributed by atoms with Gasteiger partial charge in [0.05, 0.1) is 6.04 Å². The van der Waals surface area contributed by atoms with E-state index in [2.05, 4.69) is 10.1 Å². The highest BCUT2D eigenvalue weighted by Crippen LogP contribution is 2.22. The van der Waals surface area contributed by atoms with Gasteiger partial charge in [0.15, 0.2) is 5.82 Å². The van der Waals surface area contributed by atoms with E-state index in [9.17, 15) is 0 Å². The minimum absolute atomic E-state index is 0.183. The molecule has 2 rings (SSSR count). The van der Waals surface area contributed by atoms with Crippen LogP contribution in [0.15, 0.2) is 28.8 Å². The first-order valence-electron chi connectivity index (χ1n) is 5.74. The van der Waals surface area contributed by atoms with Crippen LogP contribution in [0.4, 0.5) is 0 Å². The average molecular weight is 231 g/mol. The number of benzene rings is 1. The minimum Gasteiger partial charge on any atom is -0.334 e. The molecule has 0 aliphatic rings. The predicted molar refractivity (Wildman–Crippen MR) is 66.2 cm³/mol. The van der Waals surface area contributed by atoms with Crippen molar-refractivity contribution in [3.05, 3.63) is 35.7 Å². The van der Waals surface area contributed by atoms with E-state index < -0.39 is 0 Å². The molecule has 0 saturated carbocycles. The molecule has 90 valence electrons. The lowest BCUT2D eigenvalue weighted by Gasteiger charge is -2.09. The summed E-state index contributed by atoms with van der Waals surface area (Å²) in [7, 11) is 0. The molecule has 4 nitrogen and oxygen atoms in total. The quantitative estimate of drug-likeness (QED) is 0.882. The Morgan fingerprint density at radius 2 is 2.06 bits per heavy atom. The van der Waals surface area contributed by atoms with Gasteiger partial charge in [-0.25, -0.2) is 0 Å². The van der Waals surface area contributed by atoms with E-state index in [0.29, 0.717) is 11.7 Å². The zero-order valence-electron chi connectivity index (χ0n) is 10.3. The van der Waals surface area contributed by atoms with Crippen LogP contribution in [0.1, 0.15) is 31.3 Å². The fraction of sp³-hybridized carbons (Fsp3) is 0.385. The van der Waals surface area contributed by atoms with Crippen molar-refractivity contribution in [1.29, 1.82) is 0 Å². The molecule has 17 heavy (non-hydrogen) atoms. The molecule has 2 N–H and O–H groups in total. The first-order valence-corrected chi connectivity index (χ1v) is 5.74. The van der Waals surface area contributed by atoms with Crippen LogP contribution in [0.25, 0.3) is 11.5 Å². The third-order valence-electron chi connectivity index (χ3n) is 2.72. The summed E-state index contributed by atoms with van der Waals surface area (Å²) in [5.41, 5.74) is 8.07. The predicted octanol–water partition coefficient (Wildman–Crippen LogP) is 2.70. The van der Waals surface area contributed by atoms with Gasteiger partial charge in [0.1, 0.15) is 0 Å². The van der Waals surface area contributed by atoms with Crippen molar-refractivity contribution in [1.82, 2.24) is 10.1 Å². The largest absolute Gasteiger partial charge is 0.334 e. The van der Waals surface area contributed by atoms with Gasteiger partial charge in [0.2, 0.25) is 0 Å². The molecule has 4 heteroatoms. The van der Waals surface area contributed by atoms with Crippen LogP contribution in [0.3, 0.4) is 0 Å². The monoisotopic (exact) mass is 231 g/mol. The molecule has 0 spiro atoms. The van der Waals surface area contributed by atoms with Crippen LogP contribution < -0.4 is 5.73 Å². The van der Waals surface area contributed by atoms with Crippen LogP contribution in [-0.4, -0.2) is 10.1 Å². The molecule has 0 aliphatic carbocycles. The Balaban J connectivity index is 2.30. The summed E-state index contributed by atoms with van der Waals surface area (Å²) >= 11 is 0. The number of aryl methyl sites for hydroxylation is 1. The van der Waals surface area contributed by atoms with E-state index in [-0.39, 0.29) is 12.0 Å². The molecule has 1 atom stereocenters. The van der Waals surface area contributed by atoms with Crippen molar-refractivity contribution in [2.75, 3.05) is 0 Å². The summed E-state index contributed by atoms with van der Waals surface area (Å²) in [6.45, 7) is 6.10. The smallest absolute Gasteiger partial charge is 0.257 e. The Hall–Kier alpha value is -1.68. The first kappa shape index (κ1) is 11.8. The number of nitrogens with two attached hydrogens (primary N) is 1. The van der Waals surface area contributed by atoms with E-state index in [1.807, 2.05) is 45.0 Å². The van der Waals surface area contributed by atoms with Gasteiger partial charge >= 0.3 is 0 Å². The number of aromatic nitrogens is 2. The van der Waals surface area contributed by atoms with Gasteiger partial charge in [0.25, 0.3) is 5.89 Å². The van der Waals surface area contributed by atoms with Gasteiger partial charge in [-0.1, -0.05) is 36.7 Å². The lowest BCUT2D eigenvalue weighted by atomic mass is 10.1. The third kappa shape index (κ3) is 2.53. The van der Waals surface area contributed by atoms with Crippen molar-refractivity contribution in [3.63, 3.8) is 0 Å². The Morgan fingerprint density at radius 3 is 2.71 bits per heavy atom. The molecule has 0 amide bonds. The normalized spacial score (nSPS) is 13.0. The molecule has 0 radical (unpaired) electrons. The second-order valence-electron chi connectivity index (χ2n) is 4.60. The highest BCUT2D eigenvalue weighted by molar-refractivity contribution is 5.53. The molecule has 1 unspecified atom stereocenters. The van der Waals surface area contributed by atoms with Crippen LogP contribution in [0.5, 0.6) is 0 Å². The molecule has 1 aromatic heterocycles. The van der Waals surface area contributed by atoms with Gasteiger partial charge in [-0.15, -0.1) is 0 Å². The average Bonchev–Trinajstić information content (AvgIpc) is 2.77. The molecule has 0 saturated heterocycles. The topological polar surface area (TPSA) is 64.9 Å². The summed E-state index contributed by atoms with van der Waals surface area (Å²) in [5.74, 6) is 1.38. The van der Waals surface area contributed by atoms with Gasteiger partial charge in [-0.3, -0.25) is 0 Å². The maximum absolute atomic E-state index is 5.97. The zero-order valence-corrected chi connectivity index (χ0v) is 10.3. The summed E-state index contributed by atoms with van der Waals surface area (Å²) in [6, 6.07) is 7.78. The Morgan fingerprint density at radius 1 is 1.29 bits per heavy atom. The second kappa shape index (κ2) is 4.67. The van der Waals surface area contributed by atoms with Crippen LogP contribution in [-0.2, 0) is 0 Å². The van der Waals surface area contributed by atoms with Crippen LogP contribution in [0, 0.1) is 12.8 Å². The highest BCUT2D eigenvalue weighted by Gasteiger charge is 2.17. The fourth-order valence-electron chi connectivity index (χ4n) is 1.56. The molecule has 0 fully saturated rings. The summed E-state index contributed by atoms with van der Waals surface area (Å²) in [6.07, 6.45) is 0. The number of nitrogens with zero attached hydrogens (tertiary/aromatic N) is 2. The van der Waals surface area contributed by atoms with E-state index >= 15 is 0 Å². The summed E-state index contributed by atoms with van der Waals surface area (Å²) in [5, 5.41) is 3.93. The van der Waals surface area contributed by atoms with Gasteiger partial charge in [0, 0.05) is 5.56 Å². The lowest BCUT2D eigenvalue weighted by molar-refractivity contribution is 0.400. The molecule has 1 aromatic carbocycles. The molecular weight excluding hydrogens is 214 g/mol.